The van der Waals surface area contributed by atoms with Gasteiger partial charge in [-0.15, -0.1) is 0 Å². The van der Waals surface area contributed by atoms with Crippen molar-refractivity contribution in [3.05, 3.63) is 41.4 Å². The van der Waals surface area contributed by atoms with Gasteiger partial charge in [-0.05, 0) is 74.6 Å². The molecule has 2 aliphatic rings. The van der Waals surface area contributed by atoms with Gasteiger partial charge >= 0.3 is 0 Å². The molecule has 0 bridgehead atoms. The fourth-order valence-corrected chi connectivity index (χ4v) is 4.20. The molecule has 6 nitrogen and oxygen atoms in total. The molecule has 0 amide bonds. The van der Waals surface area contributed by atoms with Crippen LogP contribution in [-0.4, -0.2) is 42.5 Å². The van der Waals surface area contributed by atoms with Crippen molar-refractivity contribution in [2.75, 3.05) is 26.3 Å². The molecule has 0 atom stereocenters. The lowest BCUT2D eigenvalue weighted by atomic mass is 9.91. The van der Waals surface area contributed by atoms with Gasteiger partial charge in [0.05, 0.1) is 22.9 Å². The van der Waals surface area contributed by atoms with E-state index >= 15 is 0 Å². The highest BCUT2D eigenvalue weighted by molar-refractivity contribution is 6.10. The lowest BCUT2D eigenvalue weighted by Gasteiger charge is -2.22. The monoisotopic (exact) mass is 421 g/mol. The minimum Gasteiger partial charge on any atom is -0.401 e. The average molecular weight is 422 g/mol. The molecule has 1 saturated heterocycles. The van der Waals surface area contributed by atoms with E-state index in [-0.39, 0.29) is 0 Å². The van der Waals surface area contributed by atoms with E-state index in [2.05, 4.69) is 28.2 Å². The van der Waals surface area contributed by atoms with Crippen molar-refractivity contribution in [2.45, 2.75) is 57.3 Å². The van der Waals surface area contributed by atoms with Crippen LogP contribution in [0, 0.1) is 5.92 Å². The Morgan fingerprint density at radius 1 is 1.06 bits per heavy atom. The van der Waals surface area contributed by atoms with Gasteiger partial charge in [0.1, 0.15) is 0 Å². The van der Waals surface area contributed by atoms with Crippen molar-refractivity contribution in [1.82, 2.24) is 9.97 Å². The second-order valence-corrected chi connectivity index (χ2v) is 8.77. The van der Waals surface area contributed by atoms with Gasteiger partial charge in [-0.2, -0.15) is 0 Å². The van der Waals surface area contributed by atoms with Crippen molar-refractivity contribution in [3.8, 4) is 0 Å². The lowest BCUT2D eigenvalue weighted by Crippen LogP contribution is -2.14. The molecule has 166 valence electrons. The SMILES string of the molecule is NCCCCCCN=CC(=C(N)C1CC1)c1cnc2ccc(C3CCOCC3)cc2n1. The van der Waals surface area contributed by atoms with Gasteiger partial charge in [0.2, 0.25) is 0 Å². The van der Waals surface area contributed by atoms with Crippen molar-refractivity contribution < 1.29 is 4.74 Å². The first-order valence-electron chi connectivity index (χ1n) is 11.8. The summed E-state index contributed by atoms with van der Waals surface area (Å²) in [5, 5.41) is 0. The Morgan fingerprint density at radius 2 is 1.87 bits per heavy atom. The topological polar surface area (TPSA) is 99.4 Å². The molecule has 0 spiro atoms. The number of ether oxygens (including phenoxy) is 1. The third kappa shape index (κ3) is 5.89. The molecule has 1 saturated carbocycles. The van der Waals surface area contributed by atoms with Crippen LogP contribution >= 0.6 is 0 Å². The van der Waals surface area contributed by atoms with Crippen LogP contribution in [0.15, 0.2) is 35.1 Å². The van der Waals surface area contributed by atoms with E-state index in [0.29, 0.717) is 11.8 Å². The summed E-state index contributed by atoms with van der Waals surface area (Å²) in [4.78, 5) is 14.3. The first-order valence-corrected chi connectivity index (χ1v) is 11.8. The summed E-state index contributed by atoms with van der Waals surface area (Å²) in [5.74, 6) is 0.994. The zero-order chi connectivity index (χ0) is 21.5. The number of aromatic nitrogens is 2. The number of nitrogens with zero attached hydrogens (tertiary/aromatic N) is 3. The standard InChI is InChI=1S/C25H35N5O/c26-11-3-1-2-4-12-28-16-21(25(27)19-5-6-19)24-17-29-22-8-7-20(15-23(22)30-24)18-9-13-31-14-10-18/h7-8,15-19H,1-6,9-14,26-27H2. The quantitative estimate of drug-likeness (QED) is 0.442. The maximum Gasteiger partial charge on any atom is 0.0925 e. The average Bonchev–Trinajstić information content (AvgIpc) is 3.66. The number of unbranched alkanes of at least 4 members (excludes halogenated alkanes) is 3. The number of aliphatic imine (C=N–C) groups is 1. The lowest BCUT2D eigenvalue weighted by molar-refractivity contribution is 0.0853. The normalized spacial score (nSPS) is 18.6. The second-order valence-electron chi connectivity index (χ2n) is 8.77. The highest BCUT2D eigenvalue weighted by Gasteiger charge is 2.27. The highest BCUT2D eigenvalue weighted by Crippen LogP contribution is 2.37. The zero-order valence-electron chi connectivity index (χ0n) is 18.4. The summed E-state index contributed by atoms with van der Waals surface area (Å²) in [6, 6.07) is 6.47. The van der Waals surface area contributed by atoms with Gasteiger partial charge in [0.15, 0.2) is 0 Å². The van der Waals surface area contributed by atoms with Crippen molar-refractivity contribution in [1.29, 1.82) is 0 Å². The highest BCUT2D eigenvalue weighted by atomic mass is 16.5. The molecule has 1 aliphatic heterocycles. The summed E-state index contributed by atoms with van der Waals surface area (Å²) in [6.07, 6.45) is 12.7. The number of nitrogens with two attached hydrogens (primary N) is 2. The van der Waals surface area contributed by atoms with Gasteiger partial charge in [-0.25, -0.2) is 4.98 Å². The summed E-state index contributed by atoms with van der Waals surface area (Å²) >= 11 is 0. The van der Waals surface area contributed by atoms with Crippen LogP contribution in [0.1, 0.15) is 68.5 Å². The largest absolute Gasteiger partial charge is 0.401 e. The third-order valence-electron chi connectivity index (χ3n) is 6.32. The summed E-state index contributed by atoms with van der Waals surface area (Å²) in [5.41, 5.74) is 17.9. The molecule has 4 N–H and O–H groups in total. The molecule has 1 aromatic carbocycles. The molecular weight excluding hydrogens is 386 g/mol. The number of benzene rings is 1. The molecule has 1 aromatic heterocycles. The minimum atomic E-state index is 0.456. The fourth-order valence-electron chi connectivity index (χ4n) is 4.20. The van der Waals surface area contributed by atoms with Crippen molar-refractivity contribution >= 4 is 22.8 Å². The number of hydrogen-bond donors (Lipinski definition) is 2. The molecule has 2 fully saturated rings. The van der Waals surface area contributed by atoms with Gasteiger partial charge in [-0.1, -0.05) is 18.9 Å². The predicted octanol–water partition coefficient (Wildman–Crippen LogP) is 4.19. The van der Waals surface area contributed by atoms with Crippen LogP contribution in [-0.2, 0) is 4.74 Å². The maximum atomic E-state index is 6.52. The van der Waals surface area contributed by atoms with Crippen molar-refractivity contribution in [2.24, 2.45) is 22.4 Å². The van der Waals surface area contributed by atoms with E-state index in [9.17, 15) is 0 Å². The molecule has 0 unspecified atom stereocenters. The van der Waals surface area contributed by atoms with E-state index in [0.717, 1.165) is 99.2 Å². The van der Waals surface area contributed by atoms with E-state index < -0.39 is 0 Å². The second kappa shape index (κ2) is 10.8. The van der Waals surface area contributed by atoms with Crippen LogP contribution in [0.3, 0.4) is 0 Å². The maximum absolute atomic E-state index is 6.52. The molecule has 31 heavy (non-hydrogen) atoms. The first kappa shape index (κ1) is 21.9. The summed E-state index contributed by atoms with van der Waals surface area (Å²) in [7, 11) is 0. The van der Waals surface area contributed by atoms with E-state index in [1.807, 2.05) is 12.4 Å². The molecule has 1 aliphatic carbocycles. The zero-order valence-corrected chi connectivity index (χ0v) is 18.4. The van der Waals surface area contributed by atoms with Crippen molar-refractivity contribution in [3.63, 3.8) is 0 Å². The Hall–Kier alpha value is -2.31. The van der Waals surface area contributed by atoms with Gasteiger partial charge in [-0.3, -0.25) is 9.98 Å². The third-order valence-corrected chi connectivity index (χ3v) is 6.32. The van der Waals surface area contributed by atoms with Gasteiger partial charge in [0, 0.05) is 37.2 Å². The van der Waals surface area contributed by atoms with E-state index in [1.165, 1.54) is 12.0 Å². The van der Waals surface area contributed by atoms with E-state index in [4.69, 9.17) is 21.2 Å². The number of hydrogen-bond acceptors (Lipinski definition) is 6. The van der Waals surface area contributed by atoms with Crippen LogP contribution in [0.4, 0.5) is 0 Å². The number of rotatable bonds is 10. The molecule has 4 rings (SSSR count). The van der Waals surface area contributed by atoms with Crippen LogP contribution in [0.25, 0.3) is 16.6 Å². The number of allylic oxidation sites excluding steroid dienone is 2. The molecule has 0 radical (unpaired) electrons. The summed E-state index contributed by atoms with van der Waals surface area (Å²) < 4.78 is 5.52. The molecule has 6 heteroatoms. The Balaban J connectivity index is 1.54. The fraction of sp³-hybridized carbons (Fsp3) is 0.560. The Morgan fingerprint density at radius 3 is 2.65 bits per heavy atom. The summed E-state index contributed by atoms with van der Waals surface area (Å²) in [6.45, 7) is 3.25. The van der Waals surface area contributed by atoms with Gasteiger partial charge < -0.3 is 16.2 Å². The van der Waals surface area contributed by atoms with Crippen LogP contribution in [0.2, 0.25) is 0 Å². The Bertz CT molecular complexity index is 929. The molecule has 2 aromatic rings. The van der Waals surface area contributed by atoms with Gasteiger partial charge in [0.25, 0.3) is 0 Å². The van der Waals surface area contributed by atoms with E-state index in [1.54, 1.807) is 0 Å². The Labute approximate surface area is 185 Å². The number of fused-ring (bicyclic) bond motifs is 1. The minimum absolute atomic E-state index is 0.456. The smallest absolute Gasteiger partial charge is 0.0925 e. The molecular formula is C25H35N5O. The van der Waals surface area contributed by atoms with Crippen LogP contribution < -0.4 is 11.5 Å². The predicted molar refractivity (Wildman–Crippen MR) is 127 cm³/mol. The first-order chi connectivity index (χ1) is 15.3. The van der Waals surface area contributed by atoms with Crippen LogP contribution in [0.5, 0.6) is 0 Å². The Kier molecular flexibility index (Phi) is 7.65. The molecule has 2 heterocycles.